The van der Waals surface area contributed by atoms with E-state index in [1.165, 1.54) is 35.1 Å². The largest absolute Gasteiger partial charge is 0.438 e. The molecule has 0 radical (unpaired) electrons. The van der Waals surface area contributed by atoms with Gasteiger partial charge in [0.05, 0.1) is 0 Å². The Hall–Kier alpha value is -1.53. The smallest absolute Gasteiger partial charge is 0.293 e. The third kappa shape index (κ3) is 1.79. The lowest BCUT2D eigenvalue weighted by atomic mass is 9.76. The van der Waals surface area contributed by atoms with Crippen molar-refractivity contribution in [1.29, 1.82) is 0 Å². The molecule has 1 heterocycles. The van der Waals surface area contributed by atoms with Gasteiger partial charge in [-0.2, -0.15) is 0 Å². The van der Waals surface area contributed by atoms with Crippen molar-refractivity contribution in [2.45, 2.75) is 50.6 Å². The molecule has 0 atom stereocenters. The number of hydrogen-bond acceptors (Lipinski definition) is 2. The van der Waals surface area contributed by atoms with Gasteiger partial charge in [0.2, 0.25) is 0 Å². The molecule has 0 aromatic heterocycles. The molecule has 2 aromatic carbocycles. The molecule has 0 fully saturated rings. The van der Waals surface area contributed by atoms with E-state index in [-0.39, 0.29) is 5.41 Å². The first kappa shape index (κ1) is 13.9. The quantitative estimate of drug-likeness (QED) is 0.658. The maximum absolute atomic E-state index is 6.44. The third-order valence-electron chi connectivity index (χ3n) is 5.62. The van der Waals surface area contributed by atoms with Crippen LogP contribution in [0.4, 0.5) is 0 Å². The van der Waals surface area contributed by atoms with Crippen molar-refractivity contribution in [3.63, 3.8) is 0 Å². The first-order valence-electron chi connectivity index (χ1n) is 8.59. The molecular formula is C20H21O2P. The second-order valence-corrected chi connectivity index (χ2v) is 9.19. The molecule has 2 nitrogen and oxygen atoms in total. The number of hydrogen-bond donors (Lipinski definition) is 0. The van der Waals surface area contributed by atoms with Gasteiger partial charge in [-0.1, -0.05) is 38.1 Å². The number of benzene rings is 2. The van der Waals surface area contributed by atoms with Crippen molar-refractivity contribution in [2.75, 3.05) is 0 Å². The van der Waals surface area contributed by atoms with Crippen LogP contribution in [-0.2, 0) is 18.3 Å². The van der Waals surface area contributed by atoms with Crippen molar-refractivity contribution in [3.8, 4) is 11.5 Å². The molecule has 0 N–H and O–H groups in total. The van der Waals surface area contributed by atoms with Gasteiger partial charge in [-0.25, -0.2) is 0 Å². The Balaban J connectivity index is 1.83. The normalized spacial score (nSPS) is 20.3. The summed E-state index contributed by atoms with van der Waals surface area (Å²) in [5.41, 5.74) is 6.37. The van der Waals surface area contributed by atoms with Gasteiger partial charge >= 0.3 is 0 Å². The van der Waals surface area contributed by atoms with Crippen LogP contribution in [0.25, 0.3) is 0 Å². The van der Waals surface area contributed by atoms with Crippen molar-refractivity contribution >= 4 is 8.38 Å². The Morgan fingerprint density at radius 2 is 1.39 bits per heavy atom. The van der Waals surface area contributed by atoms with E-state index in [2.05, 4.69) is 50.2 Å². The fraction of sp³-hybridized carbons (Fsp3) is 0.400. The van der Waals surface area contributed by atoms with Crippen LogP contribution in [0.2, 0.25) is 0 Å². The van der Waals surface area contributed by atoms with Crippen molar-refractivity contribution in [1.82, 2.24) is 0 Å². The maximum Gasteiger partial charge on any atom is 0.293 e. The van der Waals surface area contributed by atoms with Crippen LogP contribution in [0.1, 0.15) is 48.9 Å². The van der Waals surface area contributed by atoms with E-state index in [1.807, 2.05) is 0 Å². The van der Waals surface area contributed by atoms with Gasteiger partial charge in [-0.15, -0.1) is 0 Å². The van der Waals surface area contributed by atoms with Gasteiger partial charge in [-0.3, -0.25) is 0 Å². The minimum Gasteiger partial charge on any atom is -0.438 e. The van der Waals surface area contributed by atoms with Crippen LogP contribution < -0.4 is 9.05 Å². The van der Waals surface area contributed by atoms with Crippen molar-refractivity contribution in [3.05, 3.63) is 58.7 Å². The second-order valence-electron chi connectivity index (χ2n) is 7.22. The average molecular weight is 324 g/mol. The van der Waals surface area contributed by atoms with E-state index in [0.29, 0.717) is 5.66 Å². The third-order valence-corrected chi connectivity index (χ3v) is 7.22. The van der Waals surface area contributed by atoms with Crippen molar-refractivity contribution in [2.24, 2.45) is 0 Å². The highest BCUT2D eigenvalue weighted by molar-refractivity contribution is 7.48. The molecule has 118 valence electrons. The van der Waals surface area contributed by atoms with E-state index in [4.69, 9.17) is 9.05 Å². The molecule has 3 heteroatoms. The molecule has 1 spiro atoms. The average Bonchev–Trinajstić information content (AvgIpc) is 3.09. The lowest BCUT2D eigenvalue weighted by molar-refractivity contribution is 0.422. The summed E-state index contributed by atoms with van der Waals surface area (Å²) in [5.74, 6) is 2.14. The minimum atomic E-state index is -0.958. The van der Waals surface area contributed by atoms with Crippen LogP contribution in [0, 0.1) is 0 Å². The van der Waals surface area contributed by atoms with Gasteiger partial charge in [0, 0.05) is 22.2 Å². The zero-order valence-corrected chi connectivity index (χ0v) is 14.5. The number of aryl methyl sites for hydroxylation is 2. The summed E-state index contributed by atoms with van der Waals surface area (Å²) in [5, 5.41) is 0. The molecule has 5 rings (SSSR count). The Morgan fingerprint density at radius 3 is 1.87 bits per heavy atom. The molecule has 23 heavy (non-hydrogen) atoms. The Labute approximate surface area is 138 Å². The zero-order chi connectivity index (χ0) is 15.6. The van der Waals surface area contributed by atoms with Gasteiger partial charge in [0.15, 0.2) is 0 Å². The van der Waals surface area contributed by atoms with Crippen LogP contribution in [-0.4, -0.2) is 5.66 Å². The van der Waals surface area contributed by atoms with Crippen LogP contribution >= 0.6 is 8.38 Å². The van der Waals surface area contributed by atoms with Gasteiger partial charge in [0.25, 0.3) is 8.38 Å². The first-order valence-corrected chi connectivity index (χ1v) is 9.84. The highest BCUT2D eigenvalue weighted by atomic mass is 31.2. The molecule has 2 aromatic rings. The summed E-state index contributed by atoms with van der Waals surface area (Å²) < 4.78 is 12.9. The van der Waals surface area contributed by atoms with E-state index < -0.39 is 8.38 Å². The molecule has 2 aliphatic carbocycles. The maximum atomic E-state index is 6.44. The summed E-state index contributed by atoms with van der Waals surface area (Å²) in [6.45, 7) is 4.37. The molecular weight excluding hydrogens is 303 g/mol. The summed E-state index contributed by atoms with van der Waals surface area (Å²) in [6, 6.07) is 13.2. The summed E-state index contributed by atoms with van der Waals surface area (Å²) in [6.07, 6.45) is 4.69. The highest BCUT2D eigenvalue weighted by Gasteiger charge is 2.50. The lowest BCUT2D eigenvalue weighted by Gasteiger charge is -2.35. The molecule has 0 bridgehead atoms. The minimum absolute atomic E-state index is 0.121. The predicted octanol–water partition coefficient (Wildman–Crippen LogP) is 5.36. The number of rotatable bonds is 1. The summed E-state index contributed by atoms with van der Waals surface area (Å²) >= 11 is 0. The standard InChI is InChI=1S/C20H21O2P/c1-13(2)23-21-16-7-3-5-14-9-11-20(18(14)16)12-10-15-6-4-8-17(22-23)19(15)20/h3-8,13H,9-12H2,1-2H3. The molecule has 0 saturated carbocycles. The summed E-state index contributed by atoms with van der Waals surface area (Å²) in [4.78, 5) is 0. The SMILES string of the molecule is CC(C)P1Oc2cccc3c2C2(CC3)CCc3cccc(c32)O1. The first-order chi connectivity index (χ1) is 11.2. The second kappa shape index (κ2) is 4.74. The van der Waals surface area contributed by atoms with E-state index in [0.717, 1.165) is 24.3 Å². The Kier molecular flexibility index (Phi) is 2.86. The molecule has 0 saturated heterocycles. The predicted molar refractivity (Wildman–Crippen MR) is 93.6 cm³/mol. The van der Waals surface area contributed by atoms with E-state index >= 15 is 0 Å². The fourth-order valence-corrected chi connectivity index (χ4v) is 5.83. The topological polar surface area (TPSA) is 18.5 Å². The monoisotopic (exact) mass is 324 g/mol. The zero-order valence-electron chi connectivity index (χ0n) is 13.6. The Morgan fingerprint density at radius 1 is 0.870 bits per heavy atom. The molecule has 0 amide bonds. The van der Waals surface area contributed by atoms with Crippen LogP contribution in [0.15, 0.2) is 36.4 Å². The van der Waals surface area contributed by atoms with Gasteiger partial charge in [0.1, 0.15) is 11.5 Å². The van der Waals surface area contributed by atoms with E-state index in [1.54, 1.807) is 0 Å². The van der Waals surface area contributed by atoms with Crippen LogP contribution in [0.5, 0.6) is 11.5 Å². The fourth-order valence-electron chi connectivity index (χ4n) is 4.68. The molecule has 0 unspecified atom stereocenters. The van der Waals surface area contributed by atoms with E-state index in [9.17, 15) is 0 Å². The Bertz CT molecular complexity index is 733. The lowest BCUT2D eigenvalue weighted by Crippen LogP contribution is -2.25. The van der Waals surface area contributed by atoms with Crippen LogP contribution in [0.3, 0.4) is 0 Å². The van der Waals surface area contributed by atoms with Crippen molar-refractivity contribution < 1.29 is 9.05 Å². The highest BCUT2D eigenvalue weighted by Crippen LogP contribution is 2.62. The molecule has 1 aliphatic heterocycles. The summed E-state index contributed by atoms with van der Waals surface area (Å²) in [7, 11) is -0.958. The molecule has 3 aliphatic rings. The van der Waals surface area contributed by atoms with Gasteiger partial charge in [-0.05, 0) is 48.9 Å². The van der Waals surface area contributed by atoms with Gasteiger partial charge < -0.3 is 9.05 Å².